The Labute approximate surface area is 169 Å². The molecule has 6 heteroatoms. The van der Waals surface area contributed by atoms with Crippen LogP contribution in [0.25, 0.3) is 10.6 Å². The van der Waals surface area contributed by atoms with Gasteiger partial charge in [0.25, 0.3) is 0 Å². The number of thiophene rings is 1. The number of aromatic nitrogens is 2. The fourth-order valence-corrected chi connectivity index (χ4v) is 4.35. The molecule has 0 aliphatic carbocycles. The van der Waals surface area contributed by atoms with Gasteiger partial charge in [0.2, 0.25) is 5.91 Å². The van der Waals surface area contributed by atoms with E-state index in [0.29, 0.717) is 0 Å². The van der Waals surface area contributed by atoms with E-state index in [1.165, 1.54) is 0 Å². The predicted octanol–water partition coefficient (Wildman–Crippen LogP) is 4.68. The van der Waals surface area contributed by atoms with Gasteiger partial charge in [0.05, 0.1) is 4.88 Å². The Morgan fingerprint density at radius 3 is 2.39 bits per heavy atom. The smallest absolute Gasteiger partial charge is 0.227 e. The molecule has 28 heavy (non-hydrogen) atoms. The molecule has 1 fully saturated rings. The average molecular weight is 393 g/mol. The summed E-state index contributed by atoms with van der Waals surface area (Å²) in [5, 5.41) is 13.9. The van der Waals surface area contributed by atoms with Crippen LogP contribution in [0.5, 0.6) is 0 Å². The van der Waals surface area contributed by atoms with Gasteiger partial charge in [0.15, 0.2) is 5.82 Å². The molecular formula is C22H24N4OS. The van der Waals surface area contributed by atoms with Crippen molar-refractivity contribution in [1.82, 2.24) is 10.2 Å². The maximum atomic E-state index is 12.7. The summed E-state index contributed by atoms with van der Waals surface area (Å²) in [5.41, 5.74) is 4.06. The Bertz CT molecular complexity index is 925. The largest absolute Gasteiger partial charge is 0.355 e. The van der Waals surface area contributed by atoms with E-state index in [1.54, 1.807) is 11.3 Å². The van der Waals surface area contributed by atoms with Crippen LogP contribution in [-0.2, 0) is 4.79 Å². The van der Waals surface area contributed by atoms with E-state index in [-0.39, 0.29) is 11.8 Å². The number of nitrogens with one attached hydrogen (secondary N) is 1. The van der Waals surface area contributed by atoms with Gasteiger partial charge in [-0.3, -0.25) is 4.79 Å². The number of hydrogen-bond acceptors (Lipinski definition) is 5. The molecule has 0 radical (unpaired) electrons. The van der Waals surface area contributed by atoms with E-state index in [1.807, 2.05) is 55.6 Å². The number of aryl methyl sites for hydroxylation is 2. The minimum Gasteiger partial charge on any atom is -0.355 e. The highest BCUT2D eigenvalue weighted by atomic mass is 32.1. The number of rotatable bonds is 4. The van der Waals surface area contributed by atoms with Crippen LogP contribution in [0.4, 0.5) is 11.5 Å². The van der Waals surface area contributed by atoms with E-state index in [2.05, 4.69) is 26.5 Å². The van der Waals surface area contributed by atoms with Gasteiger partial charge in [-0.15, -0.1) is 21.5 Å². The van der Waals surface area contributed by atoms with Crippen LogP contribution < -0.4 is 10.2 Å². The first-order valence-corrected chi connectivity index (χ1v) is 10.5. The highest BCUT2D eigenvalue weighted by molar-refractivity contribution is 7.13. The molecule has 0 spiro atoms. The molecule has 1 saturated heterocycles. The molecule has 0 bridgehead atoms. The number of anilines is 2. The fraction of sp³-hybridized carbons (Fsp3) is 0.318. The number of benzene rings is 1. The molecule has 0 atom stereocenters. The number of para-hydroxylation sites is 1. The standard InChI is InChI=1S/C22H24N4OS/c1-15-5-3-6-16(2)21(15)23-22(27)17-10-12-26(13-11-17)20-9-8-18(24-25-20)19-7-4-14-28-19/h3-9,14,17H,10-13H2,1-2H3,(H,23,27). The van der Waals surface area contributed by atoms with Crippen molar-refractivity contribution in [2.45, 2.75) is 26.7 Å². The monoisotopic (exact) mass is 392 g/mol. The van der Waals surface area contributed by atoms with E-state index < -0.39 is 0 Å². The minimum absolute atomic E-state index is 0.0357. The van der Waals surface area contributed by atoms with Gasteiger partial charge in [-0.2, -0.15) is 0 Å². The van der Waals surface area contributed by atoms with Crippen molar-refractivity contribution in [3.05, 3.63) is 59.0 Å². The summed E-state index contributed by atoms with van der Waals surface area (Å²) in [4.78, 5) is 16.1. The molecular weight excluding hydrogens is 368 g/mol. The summed E-state index contributed by atoms with van der Waals surface area (Å²) >= 11 is 1.66. The number of amides is 1. The molecule has 144 valence electrons. The van der Waals surface area contributed by atoms with Gasteiger partial charge >= 0.3 is 0 Å². The number of piperidine rings is 1. The molecule has 1 aliphatic heterocycles. The third kappa shape index (κ3) is 3.92. The molecule has 5 nitrogen and oxygen atoms in total. The normalized spacial score (nSPS) is 14.9. The maximum absolute atomic E-state index is 12.7. The number of hydrogen-bond donors (Lipinski definition) is 1. The lowest BCUT2D eigenvalue weighted by atomic mass is 9.95. The van der Waals surface area contributed by atoms with Crippen molar-refractivity contribution in [2.24, 2.45) is 5.92 Å². The lowest BCUT2D eigenvalue weighted by Crippen LogP contribution is -2.38. The zero-order chi connectivity index (χ0) is 19.5. The quantitative estimate of drug-likeness (QED) is 0.701. The highest BCUT2D eigenvalue weighted by Crippen LogP contribution is 2.27. The predicted molar refractivity (Wildman–Crippen MR) is 115 cm³/mol. The second-order valence-electron chi connectivity index (χ2n) is 7.27. The number of carbonyl (C=O) groups is 1. The van der Waals surface area contributed by atoms with Crippen molar-refractivity contribution in [2.75, 3.05) is 23.3 Å². The Balaban J connectivity index is 1.36. The topological polar surface area (TPSA) is 58.1 Å². The first kappa shape index (κ1) is 18.6. The average Bonchev–Trinajstić information content (AvgIpc) is 3.26. The Hall–Kier alpha value is -2.73. The van der Waals surface area contributed by atoms with Crippen molar-refractivity contribution in [3.63, 3.8) is 0 Å². The lowest BCUT2D eigenvalue weighted by molar-refractivity contribution is -0.120. The Morgan fingerprint density at radius 1 is 1.04 bits per heavy atom. The molecule has 0 saturated carbocycles. The Kier molecular flexibility index (Phi) is 5.39. The fourth-order valence-electron chi connectivity index (χ4n) is 3.66. The summed E-state index contributed by atoms with van der Waals surface area (Å²) in [5.74, 6) is 1.04. The van der Waals surface area contributed by atoms with E-state index in [0.717, 1.165) is 59.1 Å². The van der Waals surface area contributed by atoms with Crippen LogP contribution >= 0.6 is 11.3 Å². The summed E-state index contributed by atoms with van der Waals surface area (Å²) in [6.45, 7) is 5.70. The van der Waals surface area contributed by atoms with Crippen molar-refractivity contribution < 1.29 is 4.79 Å². The summed E-state index contributed by atoms with van der Waals surface area (Å²) in [6.07, 6.45) is 1.65. The van der Waals surface area contributed by atoms with Gasteiger partial charge in [0.1, 0.15) is 5.69 Å². The molecule has 1 N–H and O–H groups in total. The molecule has 1 amide bonds. The lowest BCUT2D eigenvalue weighted by Gasteiger charge is -2.32. The first-order valence-electron chi connectivity index (χ1n) is 9.61. The van der Waals surface area contributed by atoms with Crippen LogP contribution in [0.2, 0.25) is 0 Å². The number of carbonyl (C=O) groups excluding carboxylic acids is 1. The number of nitrogens with zero attached hydrogens (tertiary/aromatic N) is 3. The van der Waals surface area contributed by atoms with E-state index in [9.17, 15) is 4.79 Å². The van der Waals surface area contributed by atoms with Crippen molar-refractivity contribution >= 4 is 28.7 Å². The molecule has 3 aromatic rings. The summed E-state index contributed by atoms with van der Waals surface area (Å²) in [6, 6.07) is 14.2. The molecule has 4 rings (SSSR count). The van der Waals surface area contributed by atoms with Crippen molar-refractivity contribution in [3.8, 4) is 10.6 Å². The van der Waals surface area contributed by atoms with Gasteiger partial charge in [-0.25, -0.2) is 0 Å². The van der Waals surface area contributed by atoms with Gasteiger partial charge < -0.3 is 10.2 Å². The highest BCUT2D eigenvalue weighted by Gasteiger charge is 2.26. The SMILES string of the molecule is Cc1cccc(C)c1NC(=O)C1CCN(c2ccc(-c3cccs3)nn2)CC1. The Morgan fingerprint density at radius 2 is 1.79 bits per heavy atom. The summed E-state index contributed by atoms with van der Waals surface area (Å²) in [7, 11) is 0. The second kappa shape index (κ2) is 8.10. The molecule has 1 aromatic carbocycles. The van der Waals surface area contributed by atoms with Gasteiger partial charge in [-0.05, 0) is 61.4 Å². The first-order chi connectivity index (χ1) is 13.6. The maximum Gasteiger partial charge on any atom is 0.227 e. The van der Waals surface area contributed by atoms with E-state index in [4.69, 9.17) is 0 Å². The molecule has 3 heterocycles. The van der Waals surface area contributed by atoms with Crippen LogP contribution in [0.15, 0.2) is 47.8 Å². The zero-order valence-electron chi connectivity index (χ0n) is 16.2. The van der Waals surface area contributed by atoms with Crippen LogP contribution in [-0.4, -0.2) is 29.2 Å². The molecule has 2 aromatic heterocycles. The van der Waals surface area contributed by atoms with Gasteiger partial charge in [0, 0.05) is 24.7 Å². The van der Waals surface area contributed by atoms with Gasteiger partial charge in [-0.1, -0.05) is 24.3 Å². The van der Waals surface area contributed by atoms with E-state index >= 15 is 0 Å². The zero-order valence-corrected chi connectivity index (χ0v) is 17.0. The minimum atomic E-state index is 0.0357. The van der Waals surface area contributed by atoms with Crippen molar-refractivity contribution in [1.29, 1.82) is 0 Å². The summed E-state index contributed by atoms with van der Waals surface area (Å²) < 4.78 is 0. The van der Waals surface area contributed by atoms with Crippen LogP contribution in [0, 0.1) is 19.8 Å². The third-order valence-corrected chi connectivity index (χ3v) is 6.24. The van der Waals surface area contributed by atoms with Crippen LogP contribution in [0.1, 0.15) is 24.0 Å². The van der Waals surface area contributed by atoms with Crippen LogP contribution in [0.3, 0.4) is 0 Å². The molecule has 1 aliphatic rings. The molecule has 0 unspecified atom stereocenters. The second-order valence-corrected chi connectivity index (χ2v) is 8.22. The third-order valence-electron chi connectivity index (χ3n) is 5.34.